The Morgan fingerprint density at radius 3 is 2.00 bits per heavy atom. The molecule has 0 aliphatic heterocycles. The fourth-order valence-corrected chi connectivity index (χ4v) is 2.93. The first-order valence-corrected chi connectivity index (χ1v) is 6.83. The molecule has 22 heavy (non-hydrogen) atoms. The van der Waals surface area contributed by atoms with E-state index in [9.17, 15) is 9.59 Å². The third-order valence-corrected chi connectivity index (χ3v) is 3.78. The summed E-state index contributed by atoms with van der Waals surface area (Å²) in [7, 11) is 10.6. The molecule has 2 heterocycles. The SMILES string of the molecule is CN(C)c1nn(C)c2c1C(=O)c1nn(C)c(N(C)C)c1C2=O. The van der Waals surface area contributed by atoms with Crippen LogP contribution >= 0.6 is 0 Å². The molecule has 116 valence electrons. The van der Waals surface area contributed by atoms with Gasteiger partial charge in [-0.15, -0.1) is 0 Å². The van der Waals surface area contributed by atoms with Crippen molar-refractivity contribution in [3.8, 4) is 0 Å². The molecule has 0 amide bonds. The summed E-state index contributed by atoms with van der Waals surface area (Å²) < 4.78 is 3.04. The quantitative estimate of drug-likeness (QED) is 0.666. The topological polar surface area (TPSA) is 76.3 Å². The zero-order valence-electron chi connectivity index (χ0n) is 13.5. The molecule has 8 nitrogen and oxygen atoms in total. The number of hydrogen-bond donors (Lipinski definition) is 0. The number of rotatable bonds is 2. The zero-order valence-corrected chi connectivity index (χ0v) is 13.5. The van der Waals surface area contributed by atoms with Crippen molar-refractivity contribution in [2.24, 2.45) is 14.1 Å². The molecular weight excluding hydrogens is 284 g/mol. The van der Waals surface area contributed by atoms with Gasteiger partial charge in [-0.25, -0.2) is 0 Å². The molecule has 0 saturated carbocycles. The van der Waals surface area contributed by atoms with Crippen LogP contribution in [0, 0.1) is 0 Å². The largest absolute Gasteiger partial charge is 0.362 e. The van der Waals surface area contributed by atoms with Gasteiger partial charge in [0.2, 0.25) is 11.6 Å². The van der Waals surface area contributed by atoms with E-state index in [1.165, 1.54) is 4.68 Å². The van der Waals surface area contributed by atoms with Crippen molar-refractivity contribution in [3.05, 3.63) is 22.5 Å². The minimum Gasteiger partial charge on any atom is -0.362 e. The third kappa shape index (κ3) is 1.63. The molecule has 0 saturated heterocycles. The van der Waals surface area contributed by atoms with Crippen molar-refractivity contribution in [1.29, 1.82) is 0 Å². The molecule has 0 spiro atoms. The van der Waals surface area contributed by atoms with E-state index in [1.54, 1.807) is 42.7 Å². The van der Waals surface area contributed by atoms with E-state index in [1.807, 2.05) is 14.1 Å². The lowest BCUT2D eigenvalue weighted by Crippen LogP contribution is -2.25. The fourth-order valence-electron chi connectivity index (χ4n) is 2.93. The summed E-state index contributed by atoms with van der Waals surface area (Å²) >= 11 is 0. The van der Waals surface area contributed by atoms with Crippen LogP contribution in [0.5, 0.6) is 0 Å². The van der Waals surface area contributed by atoms with Crippen LogP contribution in [0.4, 0.5) is 11.6 Å². The van der Waals surface area contributed by atoms with E-state index in [2.05, 4.69) is 10.2 Å². The molecule has 2 aromatic heterocycles. The molecule has 3 rings (SSSR count). The minimum absolute atomic E-state index is 0.194. The van der Waals surface area contributed by atoms with Gasteiger partial charge in [0, 0.05) is 42.3 Å². The van der Waals surface area contributed by atoms with Crippen molar-refractivity contribution in [2.75, 3.05) is 38.0 Å². The van der Waals surface area contributed by atoms with Gasteiger partial charge in [0.05, 0.1) is 11.1 Å². The summed E-state index contributed by atoms with van der Waals surface area (Å²) in [6, 6.07) is 0. The van der Waals surface area contributed by atoms with Crippen molar-refractivity contribution in [1.82, 2.24) is 19.6 Å². The van der Waals surface area contributed by atoms with Gasteiger partial charge < -0.3 is 9.80 Å². The average molecular weight is 302 g/mol. The van der Waals surface area contributed by atoms with E-state index >= 15 is 0 Å². The summed E-state index contributed by atoms with van der Waals surface area (Å²) in [6.07, 6.45) is 0. The Bertz CT molecular complexity index is 812. The van der Waals surface area contributed by atoms with Gasteiger partial charge in [-0.05, 0) is 0 Å². The van der Waals surface area contributed by atoms with Gasteiger partial charge in [0.1, 0.15) is 17.2 Å². The highest BCUT2D eigenvalue weighted by Crippen LogP contribution is 2.35. The molecule has 1 aliphatic rings. The highest BCUT2D eigenvalue weighted by atomic mass is 16.1. The summed E-state index contributed by atoms with van der Waals surface area (Å²) in [5.74, 6) is 0.625. The van der Waals surface area contributed by atoms with E-state index < -0.39 is 0 Å². The lowest BCUT2D eigenvalue weighted by molar-refractivity contribution is 0.0972. The minimum atomic E-state index is -0.259. The molecule has 0 bridgehead atoms. The molecule has 0 atom stereocenters. The lowest BCUT2D eigenvalue weighted by Gasteiger charge is -2.17. The van der Waals surface area contributed by atoms with E-state index in [0.29, 0.717) is 28.5 Å². The van der Waals surface area contributed by atoms with Gasteiger partial charge in [-0.1, -0.05) is 0 Å². The van der Waals surface area contributed by atoms with Crippen molar-refractivity contribution in [2.45, 2.75) is 0 Å². The Morgan fingerprint density at radius 2 is 1.45 bits per heavy atom. The number of ketones is 2. The summed E-state index contributed by atoms with van der Waals surface area (Å²) in [4.78, 5) is 29.3. The number of carbonyl (C=O) groups is 2. The normalized spacial score (nSPS) is 13.2. The Hall–Kier alpha value is -2.64. The number of carbonyl (C=O) groups excluding carboxylic acids is 2. The zero-order chi connectivity index (χ0) is 16.3. The average Bonchev–Trinajstić information content (AvgIpc) is 2.94. The van der Waals surface area contributed by atoms with Gasteiger partial charge >= 0.3 is 0 Å². The molecule has 2 aromatic rings. The van der Waals surface area contributed by atoms with Crippen LogP contribution in [0.3, 0.4) is 0 Å². The van der Waals surface area contributed by atoms with E-state index in [-0.39, 0.29) is 17.3 Å². The third-order valence-electron chi connectivity index (χ3n) is 3.78. The Balaban J connectivity index is 2.34. The Morgan fingerprint density at radius 1 is 0.818 bits per heavy atom. The molecule has 0 radical (unpaired) electrons. The standard InChI is InChI=1S/C14H18N6O2/c1-17(2)13-8-10(19(5)16-13)12(22)7-9(11(8)21)15-20(6)14(7)18(3)4/h1-6H3. The Labute approximate surface area is 127 Å². The maximum atomic E-state index is 12.9. The molecule has 1 aliphatic carbocycles. The highest BCUT2D eigenvalue weighted by molar-refractivity contribution is 6.30. The van der Waals surface area contributed by atoms with Gasteiger partial charge in [-0.3, -0.25) is 19.0 Å². The van der Waals surface area contributed by atoms with Crippen LogP contribution in [0.1, 0.15) is 32.1 Å². The number of aryl methyl sites for hydroxylation is 2. The monoisotopic (exact) mass is 302 g/mol. The first-order chi connectivity index (χ1) is 10.3. The van der Waals surface area contributed by atoms with Crippen molar-refractivity contribution in [3.63, 3.8) is 0 Å². The van der Waals surface area contributed by atoms with E-state index in [4.69, 9.17) is 0 Å². The summed E-state index contributed by atoms with van der Waals surface area (Å²) in [5, 5.41) is 8.57. The first kappa shape index (κ1) is 14.3. The fraction of sp³-hybridized carbons (Fsp3) is 0.429. The second-order valence-corrected chi connectivity index (χ2v) is 5.79. The van der Waals surface area contributed by atoms with Crippen LogP contribution in [-0.2, 0) is 14.1 Å². The number of anilines is 2. The highest BCUT2D eigenvalue weighted by Gasteiger charge is 2.41. The van der Waals surface area contributed by atoms with Crippen LogP contribution in [0.15, 0.2) is 0 Å². The molecule has 0 fully saturated rings. The second-order valence-electron chi connectivity index (χ2n) is 5.79. The molecular formula is C14H18N6O2. The molecule has 0 N–H and O–H groups in total. The first-order valence-electron chi connectivity index (χ1n) is 6.83. The molecule has 8 heteroatoms. The van der Waals surface area contributed by atoms with Gasteiger partial charge in [-0.2, -0.15) is 10.2 Å². The van der Waals surface area contributed by atoms with Crippen LogP contribution in [0.2, 0.25) is 0 Å². The van der Waals surface area contributed by atoms with Crippen LogP contribution in [-0.4, -0.2) is 59.3 Å². The predicted octanol–water partition coefficient (Wildman–Crippen LogP) is 0.0610. The summed E-state index contributed by atoms with van der Waals surface area (Å²) in [6.45, 7) is 0. The lowest BCUT2D eigenvalue weighted by atomic mass is 9.92. The number of hydrogen-bond acceptors (Lipinski definition) is 6. The van der Waals surface area contributed by atoms with Crippen molar-refractivity contribution >= 4 is 23.2 Å². The maximum Gasteiger partial charge on any atom is 0.220 e. The molecule has 0 aromatic carbocycles. The van der Waals surface area contributed by atoms with Crippen molar-refractivity contribution < 1.29 is 9.59 Å². The van der Waals surface area contributed by atoms with Crippen LogP contribution < -0.4 is 9.80 Å². The molecule has 0 unspecified atom stereocenters. The number of aromatic nitrogens is 4. The van der Waals surface area contributed by atoms with Gasteiger partial charge in [0.25, 0.3) is 0 Å². The predicted molar refractivity (Wildman–Crippen MR) is 81.9 cm³/mol. The number of fused-ring (bicyclic) bond motifs is 2. The number of nitrogens with zero attached hydrogens (tertiary/aromatic N) is 6. The van der Waals surface area contributed by atoms with Gasteiger partial charge in [0.15, 0.2) is 5.82 Å². The summed E-state index contributed by atoms with van der Waals surface area (Å²) in [5.41, 5.74) is 1.18. The van der Waals surface area contributed by atoms with Crippen LogP contribution in [0.25, 0.3) is 0 Å². The Kier molecular flexibility index (Phi) is 2.88. The smallest absolute Gasteiger partial charge is 0.220 e. The second kappa shape index (κ2) is 4.43. The van der Waals surface area contributed by atoms with E-state index in [0.717, 1.165) is 0 Å². The maximum absolute atomic E-state index is 12.9.